The zero-order chi connectivity index (χ0) is 31.7. The number of nitrogens with one attached hydrogen (secondary N) is 1. The number of fused-ring (bicyclic) bond motifs is 2. The van der Waals surface area contributed by atoms with Crippen molar-refractivity contribution < 1.29 is 14.3 Å². The van der Waals surface area contributed by atoms with Gasteiger partial charge in [0.1, 0.15) is 5.75 Å². The van der Waals surface area contributed by atoms with Crippen LogP contribution < -0.4 is 10.1 Å². The molecular weight excluding hydrogens is 558 g/mol. The fourth-order valence-corrected chi connectivity index (χ4v) is 7.06. The number of amides is 2. The summed E-state index contributed by atoms with van der Waals surface area (Å²) in [5.74, 6) is 1.13. The van der Waals surface area contributed by atoms with Gasteiger partial charge in [-0.2, -0.15) is 0 Å². The Hall–Kier alpha value is -3.90. The second-order valence-electron chi connectivity index (χ2n) is 13.4. The van der Waals surface area contributed by atoms with Gasteiger partial charge in [-0.3, -0.25) is 9.59 Å². The van der Waals surface area contributed by atoms with Crippen LogP contribution in [0.1, 0.15) is 65.1 Å². The molecule has 1 saturated carbocycles. The van der Waals surface area contributed by atoms with Gasteiger partial charge in [0.05, 0.1) is 12.6 Å². The smallest absolute Gasteiger partial charge is 0.252 e. The molecule has 45 heavy (non-hydrogen) atoms. The van der Waals surface area contributed by atoms with Crippen molar-refractivity contribution in [2.24, 2.45) is 0 Å². The molecule has 6 nitrogen and oxygen atoms in total. The number of ether oxygens (including phenoxy) is 1. The Balaban J connectivity index is 1.32. The Bertz CT molecular complexity index is 1600. The predicted octanol–water partition coefficient (Wildman–Crippen LogP) is 6.12. The van der Waals surface area contributed by atoms with Crippen molar-refractivity contribution in [3.63, 3.8) is 0 Å². The lowest BCUT2D eigenvalue weighted by molar-refractivity contribution is -0.132. The molecule has 2 amide bonds. The molecule has 1 aliphatic carbocycles. The molecule has 2 atom stereocenters. The molecule has 6 rings (SSSR count). The van der Waals surface area contributed by atoms with E-state index in [0.717, 1.165) is 48.1 Å². The Morgan fingerprint density at radius 1 is 0.933 bits per heavy atom. The molecule has 2 aliphatic heterocycles. The van der Waals surface area contributed by atoms with Crippen molar-refractivity contribution in [3.05, 3.63) is 105 Å². The third-order valence-corrected chi connectivity index (χ3v) is 9.83. The van der Waals surface area contributed by atoms with E-state index in [9.17, 15) is 9.59 Å². The summed E-state index contributed by atoms with van der Waals surface area (Å²) in [4.78, 5) is 31.3. The third kappa shape index (κ3) is 7.01. The van der Waals surface area contributed by atoms with Gasteiger partial charge in [-0.1, -0.05) is 60.2 Å². The van der Waals surface area contributed by atoms with Gasteiger partial charge in [-0.25, -0.2) is 0 Å². The monoisotopic (exact) mass is 605 g/mol. The number of hydrogen-bond donors (Lipinski definition) is 1. The summed E-state index contributed by atoms with van der Waals surface area (Å²) in [5, 5.41) is 3.74. The number of benzene rings is 3. The number of carbonyl (C=O) groups is 2. The second kappa shape index (κ2) is 13.2. The first-order valence-corrected chi connectivity index (χ1v) is 16.6. The fraction of sp³-hybridized carbons (Fsp3) is 0.436. The van der Waals surface area contributed by atoms with Crippen LogP contribution >= 0.6 is 0 Å². The van der Waals surface area contributed by atoms with Crippen LogP contribution in [0, 0.1) is 27.7 Å². The van der Waals surface area contributed by atoms with E-state index < -0.39 is 0 Å². The highest BCUT2D eigenvalue weighted by Gasteiger charge is 2.43. The summed E-state index contributed by atoms with van der Waals surface area (Å²) in [5.41, 5.74) is 10.4. The van der Waals surface area contributed by atoms with Gasteiger partial charge >= 0.3 is 0 Å². The van der Waals surface area contributed by atoms with E-state index in [-0.39, 0.29) is 29.9 Å². The summed E-state index contributed by atoms with van der Waals surface area (Å²) < 4.78 is 6.35. The van der Waals surface area contributed by atoms with Crippen LogP contribution in [-0.4, -0.2) is 66.0 Å². The summed E-state index contributed by atoms with van der Waals surface area (Å²) in [6, 6.07) is 21.7. The summed E-state index contributed by atoms with van der Waals surface area (Å²) in [6.07, 6.45) is 4.39. The summed E-state index contributed by atoms with van der Waals surface area (Å²) in [6.45, 7) is 12.5. The lowest BCUT2D eigenvalue weighted by atomic mass is 9.81. The zero-order valence-electron chi connectivity index (χ0n) is 27.5. The molecule has 6 heteroatoms. The third-order valence-electron chi connectivity index (χ3n) is 9.83. The van der Waals surface area contributed by atoms with Gasteiger partial charge in [-0.15, -0.1) is 0 Å². The van der Waals surface area contributed by atoms with E-state index >= 15 is 0 Å². The zero-order valence-corrected chi connectivity index (χ0v) is 27.5. The highest BCUT2D eigenvalue weighted by atomic mass is 16.5. The Morgan fingerprint density at radius 3 is 2.42 bits per heavy atom. The second-order valence-corrected chi connectivity index (χ2v) is 13.4. The van der Waals surface area contributed by atoms with Crippen LogP contribution in [0.15, 0.2) is 66.2 Å². The van der Waals surface area contributed by atoms with Crippen molar-refractivity contribution in [1.29, 1.82) is 0 Å². The first-order chi connectivity index (χ1) is 21.7. The number of rotatable bonds is 10. The van der Waals surface area contributed by atoms with Gasteiger partial charge in [0.15, 0.2) is 0 Å². The highest BCUT2D eigenvalue weighted by Crippen LogP contribution is 2.38. The topological polar surface area (TPSA) is 61.9 Å². The van der Waals surface area contributed by atoms with Crippen molar-refractivity contribution in [1.82, 2.24) is 15.1 Å². The number of hydrogen-bond acceptors (Lipinski definition) is 4. The Labute approximate surface area is 268 Å². The van der Waals surface area contributed by atoms with Gasteiger partial charge in [-0.05, 0) is 98.4 Å². The maximum atomic E-state index is 14.7. The maximum Gasteiger partial charge on any atom is 0.252 e. The first-order valence-electron chi connectivity index (χ1n) is 16.6. The Morgan fingerprint density at radius 2 is 1.69 bits per heavy atom. The summed E-state index contributed by atoms with van der Waals surface area (Å²) >= 11 is 0. The molecule has 3 aliphatic rings. The highest BCUT2D eigenvalue weighted by molar-refractivity contribution is 6.04. The average molecular weight is 606 g/mol. The largest absolute Gasteiger partial charge is 0.493 e. The van der Waals surface area contributed by atoms with Gasteiger partial charge in [0.2, 0.25) is 5.91 Å². The van der Waals surface area contributed by atoms with E-state index in [1.54, 1.807) is 6.92 Å². The van der Waals surface area contributed by atoms with Crippen LogP contribution in [0.25, 0.3) is 5.57 Å². The van der Waals surface area contributed by atoms with Crippen LogP contribution in [0.4, 0.5) is 0 Å². The summed E-state index contributed by atoms with van der Waals surface area (Å²) in [7, 11) is 0. The van der Waals surface area contributed by atoms with Gasteiger partial charge in [0.25, 0.3) is 5.91 Å². The minimum Gasteiger partial charge on any atom is -0.493 e. The fourth-order valence-electron chi connectivity index (χ4n) is 7.06. The van der Waals surface area contributed by atoms with E-state index in [2.05, 4.69) is 98.6 Å². The lowest BCUT2D eigenvalue weighted by Gasteiger charge is -2.45. The molecule has 3 aromatic carbocycles. The molecule has 2 heterocycles. The number of piperazine rings is 1. The van der Waals surface area contributed by atoms with Crippen LogP contribution in [0.3, 0.4) is 0 Å². The molecule has 3 aromatic rings. The number of nitrogens with zero attached hydrogens (tertiary/aromatic N) is 2. The van der Waals surface area contributed by atoms with Gasteiger partial charge < -0.3 is 19.9 Å². The van der Waals surface area contributed by atoms with Crippen molar-refractivity contribution >= 4 is 17.4 Å². The predicted molar refractivity (Wildman–Crippen MR) is 180 cm³/mol. The minimum atomic E-state index is -0.188. The molecule has 1 saturated heterocycles. The van der Waals surface area contributed by atoms with Crippen LogP contribution in [0.2, 0.25) is 0 Å². The molecule has 2 bridgehead atoms. The van der Waals surface area contributed by atoms with E-state index in [1.165, 1.54) is 33.4 Å². The standard InChI is InChI=1S/C39H47N3O3/c1-25-10-12-30(13-11-25)16-18-42(33-14-15-33)39(44)38-35(22-32-23-41(29(5)43)24-36(38)40-32)34-9-7-6-8-31(34)17-19-45-37-21-26(2)20-27(3)28(37)4/h6-13,20-21,32-33,36,40H,14-19,22-24H2,1-5H3/t32-,36-/m1/s1. The number of aryl methyl sites for hydroxylation is 3. The van der Waals surface area contributed by atoms with Crippen LogP contribution in [0.5, 0.6) is 5.75 Å². The molecule has 0 radical (unpaired) electrons. The maximum absolute atomic E-state index is 14.7. The number of carbonyl (C=O) groups excluding carboxylic acids is 2. The Kier molecular flexibility index (Phi) is 9.14. The van der Waals surface area contributed by atoms with E-state index in [1.807, 2.05) is 4.90 Å². The SMILES string of the molecule is CC(=O)N1C[C@H]2CC(c3ccccc3CCOc3cc(C)cc(C)c3C)=C(C(=O)N(CCc3ccc(C)cc3)C3CC3)[C@@H](C1)N2. The molecule has 0 unspecified atom stereocenters. The molecule has 0 spiro atoms. The molecule has 2 fully saturated rings. The normalized spacial score (nSPS) is 19.4. The molecular formula is C39H47N3O3. The average Bonchev–Trinajstić information content (AvgIpc) is 3.86. The van der Waals surface area contributed by atoms with Crippen molar-refractivity contribution in [2.45, 2.75) is 84.8 Å². The van der Waals surface area contributed by atoms with E-state index in [0.29, 0.717) is 32.7 Å². The van der Waals surface area contributed by atoms with E-state index in [4.69, 9.17) is 4.74 Å². The molecule has 1 N–H and O–H groups in total. The van der Waals surface area contributed by atoms with Crippen molar-refractivity contribution in [3.8, 4) is 5.75 Å². The lowest BCUT2D eigenvalue weighted by Crippen LogP contribution is -2.62. The first kappa shape index (κ1) is 31.1. The minimum absolute atomic E-state index is 0.0689. The molecule has 236 valence electrons. The van der Waals surface area contributed by atoms with Crippen LogP contribution in [-0.2, 0) is 22.4 Å². The van der Waals surface area contributed by atoms with Gasteiger partial charge in [0, 0.05) is 50.6 Å². The molecule has 0 aromatic heterocycles. The quantitative estimate of drug-likeness (QED) is 0.303. The van der Waals surface area contributed by atoms with Crippen molar-refractivity contribution in [2.75, 3.05) is 26.2 Å².